The Bertz CT molecular complexity index is 879. The smallest absolute Gasteiger partial charge is 0.475 e. The van der Waals surface area contributed by atoms with Gasteiger partial charge in [0.15, 0.2) is 0 Å². The zero-order chi connectivity index (χ0) is 24.9. The standard InChI is InChI=1S/C20H24N2O4.C2HF3O2/c21-18(12-19(24)26-14-16-9-5-2-6-10-16)20(25)22-17(13-23)11-15-7-3-1-4-8-15;3-2(4,5)1(6)7/h1-10,17-18,23H,11-14,21H2,(H,22,25);(H,6,7). The first-order valence-electron chi connectivity index (χ1n) is 9.73. The lowest BCUT2D eigenvalue weighted by molar-refractivity contribution is -0.192. The molecule has 0 radical (unpaired) electrons. The van der Waals surface area contributed by atoms with Crippen LogP contribution in [-0.2, 0) is 32.1 Å². The van der Waals surface area contributed by atoms with Crippen LogP contribution in [0.25, 0.3) is 0 Å². The predicted molar refractivity (Wildman–Crippen MR) is 112 cm³/mol. The highest BCUT2D eigenvalue weighted by molar-refractivity contribution is 5.86. The molecule has 0 aliphatic carbocycles. The Morgan fingerprint density at radius 2 is 1.45 bits per heavy atom. The van der Waals surface area contributed by atoms with Gasteiger partial charge in [-0.15, -0.1) is 0 Å². The zero-order valence-corrected chi connectivity index (χ0v) is 17.5. The van der Waals surface area contributed by atoms with E-state index in [1.54, 1.807) is 0 Å². The number of alkyl halides is 3. The second-order valence-electron chi connectivity index (χ2n) is 6.84. The summed E-state index contributed by atoms with van der Waals surface area (Å²) in [5, 5.41) is 19.3. The predicted octanol–water partition coefficient (Wildman–Crippen LogP) is 1.80. The molecule has 8 nitrogen and oxygen atoms in total. The van der Waals surface area contributed by atoms with Crippen molar-refractivity contribution in [3.63, 3.8) is 0 Å². The number of esters is 1. The van der Waals surface area contributed by atoms with Crippen LogP contribution in [0.15, 0.2) is 60.7 Å². The summed E-state index contributed by atoms with van der Waals surface area (Å²) >= 11 is 0. The largest absolute Gasteiger partial charge is 0.490 e. The van der Waals surface area contributed by atoms with Gasteiger partial charge in [0.2, 0.25) is 5.91 Å². The van der Waals surface area contributed by atoms with Crippen LogP contribution in [0.1, 0.15) is 17.5 Å². The van der Waals surface area contributed by atoms with E-state index in [0.29, 0.717) is 6.42 Å². The van der Waals surface area contributed by atoms with Crippen molar-refractivity contribution in [3.8, 4) is 0 Å². The molecular formula is C22H25F3N2O6. The number of carbonyl (C=O) groups excluding carboxylic acids is 2. The van der Waals surface area contributed by atoms with Gasteiger partial charge in [-0.2, -0.15) is 13.2 Å². The number of nitrogens with one attached hydrogen (secondary N) is 1. The lowest BCUT2D eigenvalue weighted by Crippen LogP contribution is -2.48. The molecule has 0 spiro atoms. The van der Waals surface area contributed by atoms with Crippen LogP contribution in [0.4, 0.5) is 13.2 Å². The van der Waals surface area contributed by atoms with Crippen molar-refractivity contribution in [2.45, 2.75) is 37.7 Å². The number of ether oxygens (including phenoxy) is 1. The first kappa shape index (κ1) is 27.6. The summed E-state index contributed by atoms with van der Waals surface area (Å²) in [7, 11) is 0. The molecule has 0 saturated carbocycles. The lowest BCUT2D eigenvalue weighted by atomic mass is 10.1. The van der Waals surface area contributed by atoms with Crippen molar-refractivity contribution in [2.24, 2.45) is 5.73 Å². The van der Waals surface area contributed by atoms with Crippen molar-refractivity contribution >= 4 is 17.8 Å². The summed E-state index contributed by atoms with van der Waals surface area (Å²) in [6.07, 6.45) is -4.82. The Morgan fingerprint density at radius 3 is 1.91 bits per heavy atom. The second kappa shape index (κ2) is 13.9. The maximum atomic E-state index is 12.2. The minimum atomic E-state index is -5.08. The monoisotopic (exact) mass is 470 g/mol. The topological polar surface area (TPSA) is 139 Å². The first-order valence-corrected chi connectivity index (χ1v) is 9.73. The molecule has 33 heavy (non-hydrogen) atoms. The van der Waals surface area contributed by atoms with Crippen molar-refractivity contribution in [2.75, 3.05) is 6.61 Å². The van der Waals surface area contributed by atoms with Gasteiger partial charge >= 0.3 is 18.1 Å². The van der Waals surface area contributed by atoms with E-state index < -0.39 is 36.1 Å². The van der Waals surface area contributed by atoms with Crippen LogP contribution in [0.3, 0.4) is 0 Å². The zero-order valence-electron chi connectivity index (χ0n) is 17.5. The Balaban J connectivity index is 0.000000675. The second-order valence-corrected chi connectivity index (χ2v) is 6.84. The molecule has 0 aromatic heterocycles. The van der Waals surface area contributed by atoms with Crippen molar-refractivity contribution < 1.29 is 42.5 Å². The molecule has 0 bridgehead atoms. The van der Waals surface area contributed by atoms with Crippen molar-refractivity contribution in [1.82, 2.24) is 5.32 Å². The molecule has 11 heteroatoms. The minimum Gasteiger partial charge on any atom is -0.475 e. The Kier molecular flexibility index (Phi) is 11.6. The van der Waals surface area contributed by atoms with Crippen LogP contribution in [-0.4, -0.2) is 52.9 Å². The Hall–Kier alpha value is -3.44. The molecule has 2 aromatic carbocycles. The number of halogens is 3. The number of carboxylic acid groups (broad SMARTS) is 1. The summed E-state index contributed by atoms with van der Waals surface area (Å²) in [6, 6.07) is 17.3. The van der Waals surface area contributed by atoms with E-state index in [4.69, 9.17) is 20.4 Å². The molecular weight excluding hydrogens is 445 g/mol. The molecule has 0 aliphatic heterocycles. The van der Waals surface area contributed by atoms with E-state index >= 15 is 0 Å². The molecule has 2 unspecified atom stereocenters. The van der Waals surface area contributed by atoms with E-state index in [2.05, 4.69) is 5.32 Å². The molecule has 180 valence electrons. The van der Waals surface area contributed by atoms with Gasteiger partial charge in [0.1, 0.15) is 6.61 Å². The number of aliphatic hydroxyl groups excluding tert-OH is 1. The number of nitrogens with two attached hydrogens (primary N) is 1. The third-order valence-corrected chi connectivity index (χ3v) is 4.10. The fraction of sp³-hybridized carbons (Fsp3) is 0.318. The third-order valence-electron chi connectivity index (χ3n) is 4.10. The van der Waals surface area contributed by atoms with Gasteiger partial charge in [-0.05, 0) is 17.5 Å². The number of carbonyl (C=O) groups is 3. The number of aliphatic carboxylic acids is 1. The van der Waals surface area contributed by atoms with Crippen LogP contribution in [0, 0.1) is 0 Å². The molecule has 2 atom stereocenters. The van der Waals surface area contributed by atoms with E-state index in [-0.39, 0.29) is 19.6 Å². The molecule has 2 aromatic rings. The van der Waals surface area contributed by atoms with Gasteiger partial charge in [0, 0.05) is 0 Å². The van der Waals surface area contributed by atoms with E-state index in [0.717, 1.165) is 11.1 Å². The van der Waals surface area contributed by atoms with Crippen molar-refractivity contribution in [1.29, 1.82) is 0 Å². The summed E-state index contributed by atoms with van der Waals surface area (Å²) in [5.41, 5.74) is 7.64. The number of amides is 1. The number of rotatable bonds is 9. The maximum Gasteiger partial charge on any atom is 0.490 e. The molecule has 5 N–H and O–H groups in total. The molecule has 0 heterocycles. The van der Waals surface area contributed by atoms with Crippen LogP contribution in [0.5, 0.6) is 0 Å². The van der Waals surface area contributed by atoms with Crippen LogP contribution in [0.2, 0.25) is 0 Å². The highest BCUT2D eigenvalue weighted by atomic mass is 19.4. The van der Waals surface area contributed by atoms with Crippen LogP contribution >= 0.6 is 0 Å². The number of aliphatic hydroxyl groups is 1. The third kappa shape index (κ3) is 11.7. The maximum absolute atomic E-state index is 12.2. The van der Waals surface area contributed by atoms with E-state index in [9.17, 15) is 27.9 Å². The molecule has 1 amide bonds. The van der Waals surface area contributed by atoms with Gasteiger partial charge in [-0.3, -0.25) is 9.59 Å². The summed E-state index contributed by atoms with van der Waals surface area (Å²) in [6.45, 7) is -0.0763. The number of hydrogen-bond acceptors (Lipinski definition) is 6. The molecule has 0 fully saturated rings. The van der Waals surface area contributed by atoms with Gasteiger partial charge in [-0.25, -0.2) is 4.79 Å². The number of benzene rings is 2. The van der Waals surface area contributed by atoms with Crippen molar-refractivity contribution in [3.05, 3.63) is 71.8 Å². The number of carboxylic acids is 1. The van der Waals surface area contributed by atoms with Gasteiger partial charge in [0.05, 0.1) is 25.1 Å². The highest BCUT2D eigenvalue weighted by Gasteiger charge is 2.38. The molecule has 2 rings (SSSR count). The van der Waals surface area contributed by atoms with Gasteiger partial charge in [0.25, 0.3) is 0 Å². The fourth-order valence-corrected chi connectivity index (χ4v) is 2.44. The molecule has 0 aliphatic rings. The quantitative estimate of drug-likeness (QED) is 0.410. The fourth-order valence-electron chi connectivity index (χ4n) is 2.44. The highest BCUT2D eigenvalue weighted by Crippen LogP contribution is 2.13. The Labute approximate surface area is 188 Å². The average molecular weight is 470 g/mol. The minimum absolute atomic E-state index is 0.140. The summed E-state index contributed by atoms with van der Waals surface area (Å²) in [4.78, 5) is 32.9. The summed E-state index contributed by atoms with van der Waals surface area (Å²) in [5.74, 6) is -3.79. The lowest BCUT2D eigenvalue weighted by Gasteiger charge is -2.19. The normalized spacial score (nSPS) is 12.5. The van der Waals surface area contributed by atoms with Crippen LogP contribution < -0.4 is 11.1 Å². The Morgan fingerprint density at radius 1 is 0.970 bits per heavy atom. The van der Waals surface area contributed by atoms with Gasteiger partial charge in [-0.1, -0.05) is 60.7 Å². The SMILES string of the molecule is NC(CC(=O)OCc1ccccc1)C(=O)NC(CO)Cc1ccccc1.O=C(O)C(F)(F)F. The number of hydrogen-bond donors (Lipinski definition) is 4. The first-order chi connectivity index (χ1) is 15.5. The van der Waals surface area contributed by atoms with E-state index in [1.807, 2.05) is 60.7 Å². The average Bonchev–Trinajstić information content (AvgIpc) is 2.78. The summed E-state index contributed by atoms with van der Waals surface area (Å²) < 4.78 is 36.9. The van der Waals surface area contributed by atoms with E-state index in [1.165, 1.54) is 0 Å². The van der Waals surface area contributed by atoms with Gasteiger partial charge < -0.3 is 26.0 Å². The molecule has 0 saturated heterocycles.